The molecule has 4 unspecified atom stereocenters. The van der Waals surface area contributed by atoms with Crippen LogP contribution < -0.4 is 0 Å². The molecule has 0 bridgehead atoms. The Balaban J connectivity index is 0.00000110. The number of rotatable bonds is 6. The third-order valence-corrected chi connectivity index (χ3v) is 14.2. The molecule has 240 valence electrons. The lowest BCUT2D eigenvalue weighted by atomic mass is 9.31. The molecule has 4 rings (SSSR count). The number of fused-ring (bicyclic) bond motifs is 5. The van der Waals surface area contributed by atoms with Gasteiger partial charge < -0.3 is 14.6 Å². The maximum atomic E-state index is 13.1. The Morgan fingerprint density at radius 1 is 0.902 bits per heavy atom. The van der Waals surface area contributed by atoms with Crippen LogP contribution in [0.5, 0.6) is 0 Å². The molecule has 0 aromatic heterocycles. The molecule has 1 N–H and O–H groups in total. The summed E-state index contributed by atoms with van der Waals surface area (Å²) in [5, 5.41) is 10.7. The fourth-order valence-corrected chi connectivity index (χ4v) is 12.1. The molecular formula is C37H68O4. The summed E-state index contributed by atoms with van der Waals surface area (Å²) in [6, 6.07) is 0. The number of carbonyl (C=O) groups is 2. The fraction of sp³-hybridized carbons (Fsp3) is 0.946. The summed E-state index contributed by atoms with van der Waals surface area (Å²) >= 11 is 0. The largest absolute Gasteiger partial charge is 0.481 e. The lowest BCUT2D eigenvalue weighted by Crippen LogP contribution is -2.67. The van der Waals surface area contributed by atoms with Crippen LogP contribution in [0.2, 0.25) is 0 Å². The minimum absolute atomic E-state index is 0.210. The van der Waals surface area contributed by atoms with Crippen molar-refractivity contribution in [1.29, 1.82) is 0 Å². The van der Waals surface area contributed by atoms with Crippen molar-refractivity contribution in [1.82, 2.24) is 0 Å². The lowest BCUT2D eigenvalue weighted by Gasteiger charge is -2.73. The molecule has 0 aromatic rings. The zero-order valence-electron chi connectivity index (χ0n) is 29.4. The number of carbonyl (C=O) groups excluding carboxylic acids is 1. The van der Waals surface area contributed by atoms with E-state index in [2.05, 4.69) is 62.3 Å². The van der Waals surface area contributed by atoms with Crippen molar-refractivity contribution in [3.63, 3.8) is 0 Å². The van der Waals surface area contributed by atoms with Crippen molar-refractivity contribution in [2.24, 2.45) is 62.6 Å². The van der Waals surface area contributed by atoms with Crippen LogP contribution in [0.4, 0.5) is 0 Å². The zero-order valence-corrected chi connectivity index (χ0v) is 29.4. The SMILES string of the molecule is CC.CC=O.CC[C@@H](C(C)C)C1C2CCC3[C@@]4(C)CC[C@H](OC)C(C)(C)C4CC[C@@]3(C)[C@]2(C)CC[C@]1(CC)C(=O)O. The van der Waals surface area contributed by atoms with Gasteiger partial charge in [0.25, 0.3) is 0 Å². The number of hydrogen-bond acceptors (Lipinski definition) is 3. The third-order valence-electron chi connectivity index (χ3n) is 14.2. The molecule has 4 saturated carbocycles. The van der Waals surface area contributed by atoms with Crippen molar-refractivity contribution in [2.75, 3.05) is 7.11 Å². The Morgan fingerprint density at radius 3 is 1.95 bits per heavy atom. The van der Waals surface area contributed by atoms with Gasteiger partial charge in [-0.2, -0.15) is 0 Å². The van der Waals surface area contributed by atoms with Gasteiger partial charge in [-0.25, -0.2) is 0 Å². The molecule has 4 aliphatic carbocycles. The summed E-state index contributed by atoms with van der Waals surface area (Å²) < 4.78 is 6.04. The van der Waals surface area contributed by atoms with E-state index in [0.29, 0.717) is 35.2 Å². The zero-order chi connectivity index (χ0) is 31.6. The van der Waals surface area contributed by atoms with Gasteiger partial charge in [0.05, 0.1) is 11.5 Å². The smallest absolute Gasteiger partial charge is 0.309 e. The van der Waals surface area contributed by atoms with Crippen LogP contribution in [-0.2, 0) is 14.3 Å². The second kappa shape index (κ2) is 13.4. The van der Waals surface area contributed by atoms with Crippen LogP contribution in [0, 0.1) is 62.6 Å². The Hall–Kier alpha value is -0.900. The van der Waals surface area contributed by atoms with Gasteiger partial charge in [0.15, 0.2) is 0 Å². The number of hydrogen-bond donors (Lipinski definition) is 1. The fourth-order valence-electron chi connectivity index (χ4n) is 12.1. The first-order chi connectivity index (χ1) is 19.1. The van der Waals surface area contributed by atoms with Crippen LogP contribution in [0.15, 0.2) is 0 Å². The van der Waals surface area contributed by atoms with Gasteiger partial charge in [-0.05, 0) is 122 Å². The maximum Gasteiger partial charge on any atom is 0.309 e. The second-order valence-electron chi connectivity index (χ2n) is 15.6. The monoisotopic (exact) mass is 577 g/mol. The van der Waals surface area contributed by atoms with E-state index in [1.54, 1.807) is 0 Å². The topological polar surface area (TPSA) is 63.6 Å². The van der Waals surface area contributed by atoms with Crippen LogP contribution in [-0.4, -0.2) is 30.6 Å². The van der Waals surface area contributed by atoms with Crippen molar-refractivity contribution in [3.05, 3.63) is 0 Å². The molecule has 4 heteroatoms. The number of carboxylic acids is 1. The van der Waals surface area contributed by atoms with E-state index in [4.69, 9.17) is 9.53 Å². The minimum Gasteiger partial charge on any atom is -0.481 e. The molecule has 0 radical (unpaired) electrons. The number of ether oxygens (including phenoxy) is 1. The van der Waals surface area contributed by atoms with Gasteiger partial charge in [0, 0.05) is 7.11 Å². The molecule has 0 spiro atoms. The predicted molar refractivity (Wildman–Crippen MR) is 172 cm³/mol. The number of carboxylic acid groups (broad SMARTS) is 1. The van der Waals surface area contributed by atoms with Gasteiger partial charge in [-0.15, -0.1) is 0 Å². The first-order valence-electron chi connectivity index (χ1n) is 17.3. The second-order valence-corrected chi connectivity index (χ2v) is 15.6. The Labute approximate surface area is 254 Å². The molecule has 0 aliphatic heterocycles. The highest BCUT2D eigenvalue weighted by Crippen LogP contribution is 2.76. The van der Waals surface area contributed by atoms with Crippen LogP contribution >= 0.6 is 0 Å². The van der Waals surface area contributed by atoms with E-state index in [1.165, 1.54) is 45.4 Å². The summed E-state index contributed by atoms with van der Waals surface area (Å²) in [5.74, 6) is 2.71. The maximum absolute atomic E-state index is 13.1. The predicted octanol–water partition coefficient (Wildman–Crippen LogP) is 10.1. The quantitative estimate of drug-likeness (QED) is 0.320. The summed E-state index contributed by atoms with van der Waals surface area (Å²) in [5.41, 5.74) is 0.499. The number of aliphatic carboxylic acids is 1. The van der Waals surface area contributed by atoms with Crippen LogP contribution in [0.3, 0.4) is 0 Å². The van der Waals surface area contributed by atoms with Crippen LogP contribution in [0.1, 0.15) is 147 Å². The van der Waals surface area contributed by atoms with Gasteiger partial charge in [-0.1, -0.05) is 82.6 Å². The number of methoxy groups -OCH3 is 1. The molecule has 10 atom stereocenters. The van der Waals surface area contributed by atoms with Crippen molar-refractivity contribution in [3.8, 4) is 0 Å². The Bertz CT molecular complexity index is 880. The molecule has 0 amide bonds. The molecule has 0 aromatic carbocycles. The van der Waals surface area contributed by atoms with Crippen molar-refractivity contribution >= 4 is 12.3 Å². The summed E-state index contributed by atoms with van der Waals surface area (Å²) in [7, 11) is 1.91. The minimum atomic E-state index is -0.558. The lowest BCUT2D eigenvalue weighted by molar-refractivity contribution is -0.256. The normalized spacial score (nSPS) is 43.5. The van der Waals surface area contributed by atoms with E-state index < -0.39 is 11.4 Å². The van der Waals surface area contributed by atoms with Gasteiger partial charge in [0.2, 0.25) is 0 Å². The van der Waals surface area contributed by atoms with Crippen molar-refractivity contribution in [2.45, 2.75) is 153 Å². The van der Waals surface area contributed by atoms with Gasteiger partial charge in [0.1, 0.15) is 6.29 Å². The first kappa shape index (κ1) is 36.3. The van der Waals surface area contributed by atoms with Gasteiger partial charge >= 0.3 is 5.97 Å². The molecule has 4 nitrogen and oxygen atoms in total. The summed E-state index contributed by atoms with van der Waals surface area (Å²) in [6.45, 7) is 27.5. The van der Waals surface area contributed by atoms with E-state index in [0.717, 1.165) is 37.9 Å². The molecule has 4 fully saturated rings. The van der Waals surface area contributed by atoms with Crippen molar-refractivity contribution < 1.29 is 19.4 Å². The Kier molecular flexibility index (Phi) is 11.9. The Morgan fingerprint density at radius 2 is 1.49 bits per heavy atom. The highest BCUT2D eigenvalue weighted by Gasteiger charge is 2.70. The average Bonchev–Trinajstić information content (AvgIpc) is 2.91. The van der Waals surface area contributed by atoms with Crippen LogP contribution in [0.25, 0.3) is 0 Å². The highest BCUT2D eigenvalue weighted by atomic mass is 16.5. The third kappa shape index (κ3) is 5.48. The summed E-state index contributed by atoms with van der Waals surface area (Å²) in [4.78, 5) is 21.9. The standard InChI is InChI=1S/C33H58O3.C2H4O.C2H6/c1-11-22(21(3)4)27-23-13-14-25-30(7)17-16-26(36-10)29(5,6)24(30)15-18-32(25,9)31(23,8)19-20-33(27,12-2)28(34)35;1-2-3;1-2/h21-27H,11-20H2,1-10H3,(H,34,35);2H,1H3;1-2H3/t22-,23?,24?,25?,26-,27?,30-,31+,32+,33-;;/m0../s1. The molecule has 0 heterocycles. The summed E-state index contributed by atoms with van der Waals surface area (Å²) in [6.07, 6.45) is 12.5. The highest BCUT2D eigenvalue weighted by molar-refractivity contribution is 5.75. The van der Waals surface area contributed by atoms with E-state index in [-0.39, 0.29) is 22.2 Å². The molecule has 41 heavy (non-hydrogen) atoms. The van der Waals surface area contributed by atoms with E-state index >= 15 is 0 Å². The van der Waals surface area contributed by atoms with E-state index in [9.17, 15) is 9.90 Å². The molecular weight excluding hydrogens is 508 g/mol. The van der Waals surface area contributed by atoms with E-state index in [1.807, 2.05) is 21.0 Å². The van der Waals surface area contributed by atoms with Gasteiger partial charge in [-0.3, -0.25) is 4.79 Å². The molecule has 4 aliphatic rings. The number of aldehydes is 1. The average molecular weight is 577 g/mol. The molecule has 0 saturated heterocycles. The first-order valence-corrected chi connectivity index (χ1v) is 17.3.